The standard InChI is InChI=1S/C18H14N4O2/c23-16-12-11-15(21-19-13-7-3-1-4-8-13)18(24)17(16)22-20-14-9-5-2-6-10-14/h1-12,19-20H. The van der Waals surface area contributed by atoms with Crippen LogP contribution >= 0.6 is 0 Å². The van der Waals surface area contributed by atoms with Crippen LogP contribution in [0.4, 0.5) is 11.4 Å². The van der Waals surface area contributed by atoms with E-state index in [4.69, 9.17) is 0 Å². The Kier molecular flexibility index (Phi) is 4.57. The van der Waals surface area contributed by atoms with Gasteiger partial charge >= 0.3 is 0 Å². The van der Waals surface area contributed by atoms with Gasteiger partial charge in [0.2, 0.25) is 10.9 Å². The van der Waals surface area contributed by atoms with E-state index in [-0.39, 0.29) is 10.7 Å². The second-order valence-corrected chi connectivity index (χ2v) is 4.94. The van der Waals surface area contributed by atoms with Crippen LogP contribution in [-0.2, 0) is 0 Å². The molecule has 2 N–H and O–H groups in total. The molecule has 6 heteroatoms. The first-order valence-corrected chi connectivity index (χ1v) is 7.28. The number of hydrogen-bond acceptors (Lipinski definition) is 6. The van der Waals surface area contributed by atoms with E-state index in [0.29, 0.717) is 5.69 Å². The molecule has 3 aromatic rings. The number of rotatable bonds is 4. The van der Waals surface area contributed by atoms with E-state index in [0.717, 1.165) is 5.69 Å². The van der Waals surface area contributed by atoms with Crippen LogP contribution < -0.4 is 32.4 Å². The fourth-order valence-corrected chi connectivity index (χ4v) is 2.01. The minimum Gasteiger partial charge on any atom is -0.287 e. The summed E-state index contributed by atoms with van der Waals surface area (Å²) in [6, 6.07) is 20.9. The smallest absolute Gasteiger partial charge is 0.237 e. The molecule has 3 aromatic carbocycles. The molecule has 0 aliphatic carbocycles. The Hall–Kier alpha value is -3.54. The van der Waals surface area contributed by atoms with Gasteiger partial charge in [-0.05, 0) is 36.4 Å². The molecule has 24 heavy (non-hydrogen) atoms. The molecule has 0 aromatic heterocycles. The number of nitrogens with one attached hydrogen (secondary N) is 2. The van der Waals surface area contributed by atoms with Crippen molar-refractivity contribution >= 4 is 11.4 Å². The first-order valence-electron chi connectivity index (χ1n) is 7.28. The van der Waals surface area contributed by atoms with Crippen molar-refractivity contribution in [2.24, 2.45) is 10.2 Å². The van der Waals surface area contributed by atoms with E-state index in [9.17, 15) is 9.59 Å². The molecule has 0 bridgehead atoms. The summed E-state index contributed by atoms with van der Waals surface area (Å²) < 4.78 is 0. The van der Waals surface area contributed by atoms with Crippen LogP contribution in [0.3, 0.4) is 0 Å². The van der Waals surface area contributed by atoms with Gasteiger partial charge in [-0.25, -0.2) is 0 Å². The fraction of sp³-hybridized carbons (Fsp3) is 0. The first-order chi connectivity index (χ1) is 11.7. The first kappa shape index (κ1) is 15.4. The average molecular weight is 318 g/mol. The van der Waals surface area contributed by atoms with E-state index >= 15 is 0 Å². The summed E-state index contributed by atoms with van der Waals surface area (Å²) >= 11 is 0. The van der Waals surface area contributed by atoms with Gasteiger partial charge in [-0.2, -0.15) is 10.2 Å². The zero-order valence-corrected chi connectivity index (χ0v) is 12.6. The van der Waals surface area contributed by atoms with Gasteiger partial charge in [0.15, 0.2) is 5.36 Å². The molecule has 0 atom stereocenters. The molecule has 0 aliphatic rings. The Morgan fingerprint density at radius 2 is 1.17 bits per heavy atom. The molecular weight excluding hydrogens is 304 g/mol. The van der Waals surface area contributed by atoms with E-state index < -0.39 is 10.9 Å². The highest BCUT2D eigenvalue weighted by Gasteiger charge is 2.01. The van der Waals surface area contributed by atoms with E-state index in [1.807, 2.05) is 48.5 Å². The zero-order chi connectivity index (χ0) is 16.8. The van der Waals surface area contributed by atoms with Gasteiger partial charge in [-0.3, -0.25) is 20.4 Å². The highest BCUT2D eigenvalue weighted by molar-refractivity contribution is 5.42. The molecule has 0 amide bonds. The van der Waals surface area contributed by atoms with Crippen LogP contribution in [0, 0.1) is 0 Å². The van der Waals surface area contributed by atoms with Gasteiger partial charge in [0, 0.05) is 0 Å². The summed E-state index contributed by atoms with van der Waals surface area (Å²) in [5.41, 5.74) is 5.92. The number of nitrogens with zero attached hydrogens (tertiary/aromatic N) is 2. The molecule has 0 aliphatic heterocycles. The van der Waals surface area contributed by atoms with Crippen molar-refractivity contribution in [2.75, 3.05) is 10.9 Å². The van der Waals surface area contributed by atoms with Crippen LogP contribution in [0.1, 0.15) is 0 Å². The minimum atomic E-state index is -0.533. The molecule has 0 unspecified atom stereocenters. The summed E-state index contributed by atoms with van der Waals surface area (Å²) in [5.74, 6) is 0. The van der Waals surface area contributed by atoms with E-state index in [1.165, 1.54) is 12.1 Å². The Morgan fingerprint density at radius 1 is 0.625 bits per heavy atom. The summed E-state index contributed by atoms with van der Waals surface area (Å²) in [4.78, 5) is 24.3. The lowest BCUT2D eigenvalue weighted by molar-refractivity contribution is 1.11. The van der Waals surface area contributed by atoms with Gasteiger partial charge in [0.25, 0.3) is 0 Å². The third-order valence-electron chi connectivity index (χ3n) is 3.22. The molecule has 0 saturated heterocycles. The van der Waals surface area contributed by atoms with E-state index in [1.54, 1.807) is 12.1 Å². The van der Waals surface area contributed by atoms with Gasteiger partial charge in [-0.1, -0.05) is 36.4 Å². The molecule has 0 spiro atoms. The maximum absolute atomic E-state index is 12.4. The summed E-state index contributed by atoms with van der Waals surface area (Å²) in [7, 11) is 0. The van der Waals surface area contributed by atoms with Gasteiger partial charge < -0.3 is 0 Å². The number of hydrogen-bond donors (Lipinski definition) is 2. The third-order valence-corrected chi connectivity index (χ3v) is 3.22. The van der Waals surface area contributed by atoms with Crippen LogP contribution in [0.25, 0.3) is 0 Å². The molecule has 0 heterocycles. The van der Waals surface area contributed by atoms with E-state index in [2.05, 4.69) is 21.1 Å². The largest absolute Gasteiger partial charge is 0.287 e. The van der Waals surface area contributed by atoms with Crippen molar-refractivity contribution in [3.8, 4) is 0 Å². The van der Waals surface area contributed by atoms with Crippen LogP contribution in [0.2, 0.25) is 0 Å². The maximum Gasteiger partial charge on any atom is 0.237 e. The lowest BCUT2D eigenvalue weighted by Crippen LogP contribution is -2.47. The fourth-order valence-electron chi connectivity index (χ4n) is 2.01. The Bertz CT molecular complexity index is 1040. The quantitative estimate of drug-likeness (QED) is 0.707. The molecule has 0 saturated carbocycles. The van der Waals surface area contributed by atoms with Crippen molar-refractivity contribution in [2.45, 2.75) is 0 Å². The third kappa shape index (κ3) is 3.61. The summed E-state index contributed by atoms with van der Waals surface area (Å²) in [5, 5.41) is 7.89. The Morgan fingerprint density at radius 3 is 1.75 bits per heavy atom. The van der Waals surface area contributed by atoms with Gasteiger partial charge in [-0.15, -0.1) is 0 Å². The minimum absolute atomic E-state index is 0.118. The number of anilines is 2. The van der Waals surface area contributed by atoms with Crippen LogP contribution in [0.15, 0.2) is 92.6 Å². The highest BCUT2D eigenvalue weighted by Crippen LogP contribution is 2.04. The Labute approximate surface area is 137 Å². The van der Waals surface area contributed by atoms with Crippen molar-refractivity contribution in [3.05, 3.63) is 104 Å². The van der Waals surface area contributed by atoms with Crippen molar-refractivity contribution in [1.82, 2.24) is 0 Å². The second kappa shape index (κ2) is 7.15. The predicted octanol–water partition coefficient (Wildman–Crippen LogP) is 1.14. The molecule has 0 fully saturated rings. The summed E-state index contributed by atoms with van der Waals surface area (Å²) in [6.07, 6.45) is 0. The molecule has 3 rings (SSSR count). The van der Waals surface area contributed by atoms with Crippen LogP contribution in [0.5, 0.6) is 0 Å². The second-order valence-electron chi connectivity index (χ2n) is 4.94. The molecule has 0 radical (unpaired) electrons. The summed E-state index contributed by atoms with van der Waals surface area (Å²) in [6.45, 7) is 0. The topological polar surface area (TPSA) is 82.9 Å². The van der Waals surface area contributed by atoms with Gasteiger partial charge in [0.05, 0.1) is 11.4 Å². The highest BCUT2D eigenvalue weighted by atomic mass is 16.1. The normalized spacial score (nSPS) is 12.2. The van der Waals surface area contributed by atoms with Gasteiger partial charge in [0.1, 0.15) is 5.36 Å². The van der Waals surface area contributed by atoms with Crippen LogP contribution in [-0.4, -0.2) is 0 Å². The molecule has 118 valence electrons. The Balaban J connectivity index is 1.96. The van der Waals surface area contributed by atoms with Crippen molar-refractivity contribution in [1.29, 1.82) is 0 Å². The average Bonchev–Trinajstić information content (AvgIpc) is 2.63. The zero-order valence-electron chi connectivity index (χ0n) is 12.6. The monoisotopic (exact) mass is 318 g/mol. The molecular formula is C18H14N4O2. The van der Waals surface area contributed by atoms with Crippen molar-refractivity contribution in [3.63, 3.8) is 0 Å². The number of benzene rings is 3. The van der Waals surface area contributed by atoms with Crippen molar-refractivity contribution < 1.29 is 0 Å². The maximum atomic E-state index is 12.4. The lowest BCUT2D eigenvalue weighted by atomic mass is 10.3. The number of para-hydroxylation sites is 2. The lowest BCUT2D eigenvalue weighted by Gasteiger charge is -1.98. The predicted molar refractivity (Wildman–Crippen MR) is 92.6 cm³/mol. The SMILES string of the molecule is O=c1ccc(=NNc2ccccc2)c(=O)c1=NNc1ccccc1. The molecule has 6 nitrogen and oxygen atoms in total.